The fourth-order valence-corrected chi connectivity index (χ4v) is 3.57. The van der Waals surface area contributed by atoms with Crippen LogP contribution in [0, 0.1) is 16.7 Å². The highest BCUT2D eigenvalue weighted by Gasteiger charge is 2.16. The van der Waals surface area contributed by atoms with E-state index in [0.717, 1.165) is 50.0 Å². The molecule has 10 heteroatoms. The third-order valence-corrected chi connectivity index (χ3v) is 5.09. The Hall–Kier alpha value is -3.84. The molecule has 0 amide bonds. The van der Waals surface area contributed by atoms with E-state index in [1.54, 1.807) is 18.5 Å². The van der Waals surface area contributed by atoms with Gasteiger partial charge in [-0.05, 0) is 18.2 Å². The Bertz CT molecular complexity index is 1150. The molecule has 3 aromatic rings. The summed E-state index contributed by atoms with van der Waals surface area (Å²) in [4.78, 5) is 6.79. The van der Waals surface area contributed by atoms with E-state index in [4.69, 9.17) is 5.41 Å². The second-order valence-electron chi connectivity index (χ2n) is 6.96. The number of hydrogen-bond acceptors (Lipinski definition) is 7. The SMILES string of the molecule is N#Cc1cnn2cc(/C(C=N)=C/NC(F)F)cc(-c3ccc(N4CCNCC4)nc3)c12. The van der Waals surface area contributed by atoms with Crippen LogP contribution >= 0.6 is 0 Å². The maximum absolute atomic E-state index is 12.6. The van der Waals surface area contributed by atoms with Gasteiger partial charge in [-0.25, -0.2) is 9.50 Å². The quantitative estimate of drug-likeness (QED) is 0.416. The summed E-state index contributed by atoms with van der Waals surface area (Å²) in [5.74, 6) is 0.868. The number of fused-ring (bicyclic) bond motifs is 1. The standard InChI is InChI=1S/C21H20F2N8/c22-21(23)28-11-16(8-24)15-7-18(20-17(9-25)12-29-31(20)13-15)14-1-2-19(27-10-14)30-5-3-26-4-6-30/h1-2,7-8,10-13,21,24,26,28H,3-6H2/b16-11+,24-8?. The molecule has 4 rings (SSSR count). The molecule has 3 aromatic heterocycles. The number of nitrogens with zero attached hydrogens (tertiary/aromatic N) is 5. The molecule has 31 heavy (non-hydrogen) atoms. The van der Waals surface area contributed by atoms with Crippen LogP contribution in [0.1, 0.15) is 11.1 Å². The molecule has 0 saturated carbocycles. The number of rotatable bonds is 6. The van der Waals surface area contributed by atoms with Crippen LogP contribution in [-0.2, 0) is 0 Å². The Morgan fingerprint density at radius 1 is 1.29 bits per heavy atom. The van der Waals surface area contributed by atoms with Gasteiger partial charge < -0.3 is 20.9 Å². The normalized spacial score (nSPS) is 14.6. The molecule has 1 fully saturated rings. The van der Waals surface area contributed by atoms with Crippen LogP contribution in [-0.4, -0.2) is 53.5 Å². The van der Waals surface area contributed by atoms with Crippen molar-refractivity contribution < 1.29 is 8.78 Å². The number of hydrogen-bond donors (Lipinski definition) is 3. The maximum Gasteiger partial charge on any atom is 0.312 e. The maximum atomic E-state index is 12.6. The van der Waals surface area contributed by atoms with E-state index in [2.05, 4.69) is 26.4 Å². The Balaban J connectivity index is 1.80. The van der Waals surface area contributed by atoms with Crippen molar-refractivity contribution in [1.29, 1.82) is 10.7 Å². The van der Waals surface area contributed by atoms with E-state index >= 15 is 0 Å². The Labute approximate surface area is 177 Å². The summed E-state index contributed by atoms with van der Waals surface area (Å²) in [6.45, 7) is 0.808. The zero-order valence-electron chi connectivity index (χ0n) is 16.5. The molecule has 0 aromatic carbocycles. The highest BCUT2D eigenvalue weighted by molar-refractivity contribution is 6.08. The molecule has 4 heterocycles. The van der Waals surface area contributed by atoms with Crippen LogP contribution < -0.4 is 15.5 Å². The van der Waals surface area contributed by atoms with Crippen LogP contribution in [0.3, 0.4) is 0 Å². The summed E-state index contributed by atoms with van der Waals surface area (Å²) < 4.78 is 26.7. The second kappa shape index (κ2) is 8.89. The van der Waals surface area contributed by atoms with Crippen molar-refractivity contribution >= 4 is 23.1 Å². The summed E-state index contributed by atoms with van der Waals surface area (Å²) in [5, 5.41) is 26.6. The van der Waals surface area contributed by atoms with Gasteiger partial charge in [0, 0.05) is 73.3 Å². The summed E-state index contributed by atoms with van der Waals surface area (Å²) >= 11 is 0. The number of pyridine rings is 2. The minimum Gasteiger partial charge on any atom is -0.354 e. The van der Waals surface area contributed by atoms with Crippen molar-refractivity contribution in [2.24, 2.45) is 0 Å². The lowest BCUT2D eigenvalue weighted by atomic mass is 10.0. The number of piperazine rings is 1. The number of nitriles is 1. The van der Waals surface area contributed by atoms with Crippen molar-refractivity contribution in [3.8, 4) is 17.2 Å². The van der Waals surface area contributed by atoms with Gasteiger partial charge in [0.25, 0.3) is 0 Å². The molecule has 1 saturated heterocycles. The number of allylic oxidation sites excluding steroid dienone is 1. The minimum atomic E-state index is -2.74. The van der Waals surface area contributed by atoms with Gasteiger partial charge in [0.15, 0.2) is 0 Å². The molecule has 1 aliphatic rings. The fraction of sp³-hybridized carbons (Fsp3) is 0.238. The van der Waals surface area contributed by atoms with E-state index in [1.165, 1.54) is 10.7 Å². The van der Waals surface area contributed by atoms with Gasteiger partial charge in [0.1, 0.15) is 11.9 Å². The second-order valence-corrected chi connectivity index (χ2v) is 6.96. The first kappa shape index (κ1) is 20.4. The first-order valence-corrected chi connectivity index (χ1v) is 9.69. The van der Waals surface area contributed by atoms with Crippen LogP contribution in [0.2, 0.25) is 0 Å². The molecule has 0 aliphatic carbocycles. The van der Waals surface area contributed by atoms with Crippen molar-refractivity contribution in [2.45, 2.75) is 6.55 Å². The Kier molecular flexibility index (Phi) is 5.86. The van der Waals surface area contributed by atoms with Crippen LogP contribution in [0.5, 0.6) is 0 Å². The predicted octanol–water partition coefficient (Wildman–Crippen LogP) is 2.48. The molecular weight excluding hydrogens is 402 g/mol. The van der Waals surface area contributed by atoms with Gasteiger partial charge in [-0.3, -0.25) is 0 Å². The van der Waals surface area contributed by atoms with Crippen LogP contribution in [0.25, 0.3) is 22.2 Å². The third-order valence-electron chi connectivity index (χ3n) is 5.09. The van der Waals surface area contributed by atoms with Crippen molar-refractivity contribution in [3.05, 3.63) is 54.1 Å². The highest BCUT2D eigenvalue weighted by Crippen LogP contribution is 2.30. The zero-order chi connectivity index (χ0) is 21.8. The number of anilines is 1. The lowest BCUT2D eigenvalue weighted by molar-refractivity contribution is 0.125. The average molecular weight is 422 g/mol. The number of nitrogens with one attached hydrogen (secondary N) is 3. The number of halogens is 2. The van der Waals surface area contributed by atoms with Crippen molar-refractivity contribution in [2.75, 3.05) is 31.1 Å². The first-order chi connectivity index (χ1) is 15.1. The third kappa shape index (κ3) is 4.22. The van der Waals surface area contributed by atoms with Crippen LogP contribution in [0.15, 0.2) is 43.0 Å². The zero-order valence-corrected chi connectivity index (χ0v) is 16.5. The largest absolute Gasteiger partial charge is 0.354 e. The minimum absolute atomic E-state index is 0.253. The molecule has 0 unspecified atom stereocenters. The lowest BCUT2D eigenvalue weighted by Crippen LogP contribution is -2.43. The number of alkyl halides is 2. The average Bonchev–Trinajstić information content (AvgIpc) is 3.23. The monoisotopic (exact) mass is 422 g/mol. The van der Waals surface area contributed by atoms with E-state index < -0.39 is 6.55 Å². The van der Waals surface area contributed by atoms with E-state index in [9.17, 15) is 14.0 Å². The molecule has 8 nitrogen and oxygen atoms in total. The van der Waals surface area contributed by atoms with Crippen molar-refractivity contribution in [1.82, 2.24) is 25.2 Å². The molecular formula is C21H20F2N8. The van der Waals surface area contributed by atoms with E-state index in [1.807, 2.05) is 17.4 Å². The summed E-state index contributed by atoms with van der Waals surface area (Å²) in [5.41, 5.74) is 3.17. The fourth-order valence-electron chi connectivity index (χ4n) is 3.57. The smallest absolute Gasteiger partial charge is 0.312 e. The van der Waals surface area contributed by atoms with Gasteiger partial charge in [-0.1, -0.05) is 0 Å². The van der Waals surface area contributed by atoms with Crippen LogP contribution in [0.4, 0.5) is 14.6 Å². The van der Waals surface area contributed by atoms with Gasteiger partial charge in [0.05, 0.1) is 17.3 Å². The van der Waals surface area contributed by atoms with E-state index in [-0.39, 0.29) is 5.57 Å². The predicted molar refractivity (Wildman–Crippen MR) is 114 cm³/mol. The summed E-state index contributed by atoms with van der Waals surface area (Å²) in [6.07, 6.45) is 6.86. The molecule has 3 N–H and O–H groups in total. The van der Waals surface area contributed by atoms with Gasteiger partial charge in [-0.15, -0.1) is 0 Å². The molecule has 0 bridgehead atoms. The lowest BCUT2D eigenvalue weighted by Gasteiger charge is -2.28. The van der Waals surface area contributed by atoms with Gasteiger partial charge in [-0.2, -0.15) is 19.1 Å². The molecule has 0 atom stereocenters. The molecule has 0 radical (unpaired) electrons. The molecule has 0 spiro atoms. The first-order valence-electron chi connectivity index (χ1n) is 9.69. The topological polar surface area (TPSA) is 105 Å². The summed E-state index contributed by atoms with van der Waals surface area (Å²) in [7, 11) is 0. The van der Waals surface area contributed by atoms with E-state index in [0.29, 0.717) is 22.2 Å². The molecule has 1 aliphatic heterocycles. The van der Waals surface area contributed by atoms with Gasteiger partial charge in [0.2, 0.25) is 0 Å². The van der Waals surface area contributed by atoms with Crippen molar-refractivity contribution in [3.63, 3.8) is 0 Å². The Morgan fingerprint density at radius 3 is 2.74 bits per heavy atom. The van der Waals surface area contributed by atoms with Gasteiger partial charge >= 0.3 is 6.55 Å². The highest BCUT2D eigenvalue weighted by atomic mass is 19.3. The summed E-state index contributed by atoms with van der Waals surface area (Å²) in [6, 6.07) is 7.74. The number of aromatic nitrogens is 3. The molecule has 158 valence electrons. The Morgan fingerprint density at radius 2 is 2.10 bits per heavy atom.